The summed E-state index contributed by atoms with van der Waals surface area (Å²) in [5.74, 6) is 0.835. The Bertz CT molecular complexity index is 1110. The van der Waals surface area contributed by atoms with Crippen LogP contribution in [0.2, 0.25) is 0 Å². The van der Waals surface area contributed by atoms with E-state index in [1.807, 2.05) is 51.1 Å². The van der Waals surface area contributed by atoms with E-state index in [1.165, 1.54) is 0 Å². The summed E-state index contributed by atoms with van der Waals surface area (Å²) in [5.41, 5.74) is 3.05. The Hall–Kier alpha value is -3.02. The molecule has 0 fully saturated rings. The number of carbonyl (C=O) groups is 2. The molecule has 6 nitrogen and oxygen atoms in total. The molecule has 1 aromatic heterocycles. The standard InChI is InChI=1S/C27H32N2O4/c1-4-12-28-19(25-22(31)15-27(2,3)16-23(25)32)10-11-20-26-21(30)13-18(14-24(26)33-29-20)17-8-6-5-7-9-17/h5-9,18,31H,4,10-16H2,1-3H3. The van der Waals surface area contributed by atoms with Crippen LogP contribution >= 0.6 is 0 Å². The lowest BCUT2D eigenvalue weighted by Crippen LogP contribution is -2.29. The fourth-order valence-corrected chi connectivity index (χ4v) is 4.95. The quantitative estimate of drug-likeness (QED) is 0.559. The average Bonchev–Trinajstić information content (AvgIpc) is 3.18. The highest BCUT2D eigenvalue weighted by Crippen LogP contribution is 2.37. The van der Waals surface area contributed by atoms with Crippen LogP contribution < -0.4 is 0 Å². The van der Waals surface area contributed by atoms with Crippen LogP contribution in [0.4, 0.5) is 0 Å². The van der Waals surface area contributed by atoms with Gasteiger partial charge in [0, 0.05) is 37.9 Å². The first-order valence-corrected chi connectivity index (χ1v) is 11.8. The minimum absolute atomic E-state index is 0.0472. The van der Waals surface area contributed by atoms with Crippen molar-refractivity contribution in [3.05, 3.63) is 64.2 Å². The van der Waals surface area contributed by atoms with E-state index in [2.05, 4.69) is 10.1 Å². The maximum absolute atomic E-state index is 13.0. The number of aliphatic hydroxyl groups is 1. The van der Waals surface area contributed by atoms with Crippen molar-refractivity contribution >= 4 is 17.3 Å². The van der Waals surface area contributed by atoms with E-state index in [1.54, 1.807) is 0 Å². The lowest BCUT2D eigenvalue weighted by atomic mass is 9.75. The van der Waals surface area contributed by atoms with E-state index >= 15 is 0 Å². The molecule has 4 rings (SSSR count). The smallest absolute Gasteiger partial charge is 0.168 e. The number of aromatic nitrogens is 1. The van der Waals surface area contributed by atoms with Crippen molar-refractivity contribution in [1.29, 1.82) is 0 Å². The number of Topliss-reactive ketones (excluding diaryl/α,β-unsaturated/α-hetero) is 2. The number of nitrogens with zero attached hydrogens (tertiary/aromatic N) is 2. The molecule has 33 heavy (non-hydrogen) atoms. The molecule has 0 saturated carbocycles. The molecule has 2 aromatic rings. The van der Waals surface area contributed by atoms with Gasteiger partial charge in [-0.05, 0) is 36.2 Å². The van der Waals surface area contributed by atoms with E-state index in [0.717, 1.165) is 12.0 Å². The molecule has 0 amide bonds. The SMILES string of the molecule is CCCN=C(CCc1noc2c1C(=O)CC(c1ccccc1)C2)C1=C(O)CC(C)(C)CC1=O. The van der Waals surface area contributed by atoms with E-state index in [0.29, 0.717) is 73.4 Å². The molecule has 1 N–H and O–H groups in total. The summed E-state index contributed by atoms with van der Waals surface area (Å²) in [6.45, 7) is 6.57. The highest BCUT2D eigenvalue weighted by Gasteiger charge is 2.36. The summed E-state index contributed by atoms with van der Waals surface area (Å²) in [7, 11) is 0. The molecule has 1 heterocycles. The third-order valence-corrected chi connectivity index (χ3v) is 6.51. The number of aliphatic imine (C=N–C) groups is 1. The number of rotatable bonds is 7. The summed E-state index contributed by atoms with van der Waals surface area (Å²) in [6, 6.07) is 10.0. The monoisotopic (exact) mass is 448 g/mol. The van der Waals surface area contributed by atoms with E-state index < -0.39 is 0 Å². The van der Waals surface area contributed by atoms with Crippen LogP contribution in [0.15, 0.2) is 51.2 Å². The molecule has 1 atom stereocenters. The Kier molecular flexibility index (Phi) is 6.63. The van der Waals surface area contributed by atoms with Crippen molar-refractivity contribution < 1.29 is 19.2 Å². The van der Waals surface area contributed by atoms with Crippen LogP contribution in [0, 0.1) is 5.41 Å². The van der Waals surface area contributed by atoms with Crippen molar-refractivity contribution in [1.82, 2.24) is 5.16 Å². The van der Waals surface area contributed by atoms with Crippen LogP contribution in [0.5, 0.6) is 0 Å². The predicted molar refractivity (Wildman–Crippen MR) is 127 cm³/mol. The van der Waals surface area contributed by atoms with Crippen molar-refractivity contribution in [2.24, 2.45) is 10.4 Å². The van der Waals surface area contributed by atoms with Gasteiger partial charge in [-0.25, -0.2) is 0 Å². The maximum Gasteiger partial charge on any atom is 0.168 e. The number of carbonyl (C=O) groups excluding carboxylic acids is 2. The largest absolute Gasteiger partial charge is 0.511 e. The minimum atomic E-state index is -0.257. The highest BCUT2D eigenvalue weighted by atomic mass is 16.5. The third-order valence-electron chi connectivity index (χ3n) is 6.51. The van der Waals surface area contributed by atoms with Crippen molar-refractivity contribution in [2.75, 3.05) is 6.54 Å². The molecule has 6 heteroatoms. The Morgan fingerprint density at radius 3 is 2.61 bits per heavy atom. The van der Waals surface area contributed by atoms with Gasteiger partial charge < -0.3 is 9.63 Å². The summed E-state index contributed by atoms with van der Waals surface area (Å²) < 4.78 is 5.60. The molecular weight excluding hydrogens is 416 g/mol. The van der Waals surface area contributed by atoms with Gasteiger partial charge in [0.25, 0.3) is 0 Å². The first-order chi connectivity index (χ1) is 15.8. The Morgan fingerprint density at radius 2 is 1.91 bits per heavy atom. The van der Waals surface area contributed by atoms with Gasteiger partial charge in [0.05, 0.1) is 16.8 Å². The van der Waals surface area contributed by atoms with Gasteiger partial charge in [-0.3, -0.25) is 14.6 Å². The molecule has 0 spiro atoms. The zero-order chi connectivity index (χ0) is 23.6. The number of hydrogen-bond acceptors (Lipinski definition) is 6. The van der Waals surface area contributed by atoms with E-state index in [4.69, 9.17) is 4.52 Å². The Balaban J connectivity index is 1.54. The predicted octanol–water partition coefficient (Wildman–Crippen LogP) is 5.57. The molecule has 0 saturated heterocycles. The van der Waals surface area contributed by atoms with Crippen LogP contribution in [-0.2, 0) is 17.6 Å². The number of ketones is 2. The summed E-state index contributed by atoms with van der Waals surface area (Å²) in [6.07, 6.45) is 3.64. The number of benzene rings is 1. The highest BCUT2D eigenvalue weighted by molar-refractivity contribution is 6.23. The number of allylic oxidation sites excluding steroid dienone is 2. The zero-order valence-corrected chi connectivity index (χ0v) is 19.7. The normalized spacial score (nSPS) is 20.8. The van der Waals surface area contributed by atoms with Crippen LogP contribution in [0.25, 0.3) is 0 Å². The van der Waals surface area contributed by atoms with Crippen molar-refractivity contribution in [2.45, 2.75) is 71.6 Å². The van der Waals surface area contributed by atoms with Crippen LogP contribution in [0.1, 0.15) is 86.2 Å². The van der Waals surface area contributed by atoms with Gasteiger partial charge in [0.15, 0.2) is 11.6 Å². The zero-order valence-electron chi connectivity index (χ0n) is 19.7. The number of fused-ring (bicyclic) bond motifs is 1. The summed E-state index contributed by atoms with van der Waals surface area (Å²) >= 11 is 0. The lowest BCUT2D eigenvalue weighted by molar-refractivity contribution is -0.118. The Morgan fingerprint density at radius 1 is 1.15 bits per heavy atom. The van der Waals surface area contributed by atoms with Gasteiger partial charge in [-0.15, -0.1) is 0 Å². The van der Waals surface area contributed by atoms with Gasteiger partial charge in [-0.2, -0.15) is 0 Å². The topological polar surface area (TPSA) is 92.8 Å². The fourth-order valence-electron chi connectivity index (χ4n) is 4.95. The molecule has 0 aliphatic heterocycles. The molecule has 174 valence electrons. The third kappa shape index (κ3) is 5.00. The fraction of sp³-hybridized carbons (Fsp3) is 0.481. The minimum Gasteiger partial charge on any atom is -0.511 e. The second-order valence-corrected chi connectivity index (χ2v) is 9.96. The van der Waals surface area contributed by atoms with Crippen LogP contribution in [-0.4, -0.2) is 34.1 Å². The second kappa shape index (κ2) is 9.46. The van der Waals surface area contributed by atoms with Gasteiger partial charge in [0.1, 0.15) is 11.5 Å². The van der Waals surface area contributed by atoms with Crippen molar-refractivity contribution in [3.8, 4) is 0 Å². The second-order valence-electron chi connectivity index (χ2n) is 9.96. The summed E-state index contributed by atoms with van der Waals surface area (Å²) in [4.78, 5) is 30.5. The molecule has 2 aliphatic carbocycles. The molecule has 0 radical (unpaired) electrons. The molecule has 0 bridgehead atoms. The van der Waals surface area contributed by atoms with Crippen molar-refractivity contribution in [3.63, 3.8) is 0 Å². The lowest BCUT2D eigenvalue weighted by Gasteiger charge is -2.30. The van der Waals surface area contributed by atoms with Gasteiger partial charge in [0.2, 0.25) is 0 Å². The average molecular weight is 449 g/mol. The molecule has 1 unspecified atom stereocenters. The maximum atomic E-state index is 13.0. The van der Waals surface area contributed by atoms with E-state index in [9.17, 15) is 14.7 Å². The first-order valence-electron chi connectivity index (χ1n) is 11.8. The number of hydrogen-bond donors (Lipinski definition) is 1. The van der Waals surface area contributed by atoms with E-state index in [-0.39, 0.29) is 28.7 Å². The number of aryl methyl sites for hydroxylation is 1. The Labute approximate surface area is 194 Å². The summed E-state index contributed by atoms with van der Waals surface area (Å²) in [5, 5.41) is 14.9. The molecular formula is C27H32N2O4. The van der Waals surface area contributed by atoms with Crippen LogP contribution in [0.3, 0.4) is 0 Å². The molecule has 2 aliphatic rings. The van der Waals surface area contributed by atoms with Gasteiger partial charge in [-0.1, -0.05) is 56.3 Å². The molecule has 1 aromatic carbocycles. The van der Waals surface area contributed by atoms with Gasteiger partial charge >= 0.3 is 0 Å². The number of aliphatic hydroxyl groups excluding tert-OH is 1. The first kappa shape index (κ1) is 23.1.